The molecule has 0 saturated heterocycles. The van der Waals surface area contributed by atoms with Crippen molar-refractivity contribution in [3.05, 3.63) is 35.1 Å². The minimum absolute atomic E-state index is 0.0256. The summed E-state index contributed by atoms with van der Waals surface area (Å²) in [6, 6.07) is 3.98. The average molecular weight is 192 g/mol. The predicted molar refractivity (Wildman–Crippen MR) is 50.3 cm³/mol. The van der Waals surface area contributed by atoms with Crippen LogP contribution < -0.4 is 0 Å². The zero-order valence-corrected chi connectivity index (χ0v) is 7.62. The van der Waals surface area contributed by atoms with Crippen molar-refractivity contribution in [3.63, 3.8) is 0 Å². The summed E-state index contributed by atoms with van der Waals surface area (Å²) in [5.41, 5.74) is 0.483. The normalized spacial score (nSPS) is 11.4. The van der Waals surface area contributed by atoms with Crippen molar-refractivity contribution in [1.29, 1.82) is 0 Å². The summed E-state index contributed by atoms with van der Waals surface area (Å²) < 4.78 is 12.8. The molecule has 0 bridgehead atoms. The first-order valence-corrected chi connectivity index (χ1v) is 4.08. The Balaban J connectivity index is 3.03. The van der Waals surface area contributed by atoms with E-state index in [9.17, 15) is 9.18 Å². The molecule has 1 aromatic carbocycles. The minimum atomic E-state index is -0.736. The molecule has 1 atom stereocenters. The molecule has 0 aliphatic carbocycles. The van der Waals surface area contributed by atoms with Gasteiger partial charge in [0.15, 0.2) is 6.29 Å². The van der Waals surface area contributed by atoms with Crippen LogP contribution in [0.25, 0.3) is 0 Å². The Morgan fingerprint density at radius 3 is 2.86 bits per heavy atom. The van der Waals surface area contributed by atoms with Crippen LogP contribution in [0.1, 0.15) is 22.8 Å². The number of rotatable bonds is 1. The van der Waals surface area contributed by atoms with Crippen molar-refractivity contribution in [2.75, 3.05) is 0 Å². The predicted octanol–water partition coefficient (Wildman–Crippen LogP) is 1.37. The van der Waals surface area contributed by atoms with Crippen molar-refractivity contribution in [2.24, 2.45) is 0 Å². The Kier molecular flexibility index (Phi) is 3.38. The lowest BCUT2D eigenvalue weighted by atomic mass is 10.1. The van der Waals surface area contributed by atoms with Crippen LogP contribution in [0.5, 0.6) is 0 Å². The van der Waals surface area contributed by atoms with Gasteiger partial charge in [0.1, 0.15) is 11.9 Å². The van der Waals surface area contributed by atoms with E-state index in [0.29, 0.717) is 11.8 Å². The third kappa shape index (κ3) is 2.68. The van der Waals surface area contributed by atoms with Crippen molar-refractivity contribution in [3.8, 4) is 11.8 Å². The highest BCUT2D eigenvalue weighted by Gasteiger charge is 2.00. The molecule has 0 spiro atoms. The number of hydrogen-bond acceptors (Lipinski definition) is 2. The quantitative estimate of drug-likeness (QED) is 0.539. The topological polar surface area (TPSA) is 37.3 Å². The zero-order valence-electron chi connectivity index (χ0n) is 7.62. The number of carbonyl (C=O) groups is 1. The monoisotopic (exact) mass is 192 g/mol. The fourth-order valence-corrected chi connectivity index (χ4v) is 0.900. The summed E-state index contributed by atoms with van der Waals surface area (Å²) in [6.45, 7) is 1.52. The highest BCUT2D eigenvalue weighted by molar-refractivity contribution is 5.76. The first-order valence-electron chi connectivity index (χ1n) is 4.08. The second-order valence-electron chi connectivity index (χ2n) is 2.80. The molecule has 2 nitrogen and oxygen atoms in total. The van der Waals surface area contributed by atoms with E-state index < -0.39 is 11.9 Å². The Morgan fingerprint density at radius 2 is 2.29 bits per heavy atom. The summed E-state index contributed by atoms with van der Waals surface area (Å²) in [7, 11) is 0. The number of aliphatic hydroxyl groups excluding tert-OH is 1. The zero-order chi connectivity index (χ0) is 10.6. The van der Waals surface area contributed by atoms with Crippen molar-refractivity contribution in [2.45, 2.75) is 13.0 Å². The van der Waals surface area contributed by atoms with E-state index in [1.807, 2.05) is 0 Å². The van der Waals surface area contributed by atoms with Gasteiger partial charge in [-0.25, -0.2) is 4.39 Å². The first kappa shape index (κ1) is 10.4. The van der Waals surface area contributed by atoms with Gasteiger partial charge in [0.25, 0.3) is 0 Å². The standard InChI is InChI=1S/C11H9FO2/c1-8(14)2-3-9-4-5-11(12)10(6-9)7-13/h4-8,14H,1H3/t8-/m1/s1. The molecule has 0 aromatic heterocycles. The molecule has 0 amide bonds. The first-order chi connectivity index (χ1) is 6.63. The van der Waals surface area contributed by atoms with Gasteiger partial charge < -0.3 is 5.11 Å². The summed E-state index contributed by atoms with van der Waals surface area (Å²) in [6.07, 6.45) is -0.303. The third-order valence-corrected chi connectivity index (χ3v) is 1.55. The van der Waals surface area contributed by atoms with Crippen LogP contribution in [0.2, 0.25) is 0 Å². The Hall–Kier alpha value is -1.66. The molecule has 72 valence electrons. The molecule has 1 N–H and O–H groups in total. The van der Waals surface area contributed by atoms with Gasteiger partial charge in [-0.2, -0.15) is 0 Å². The number of aliphatic hydroxyl groups is 1. The lowest BCUT2D eigenvalue weighted by molar-refractivity contribution is 0.112. The highest BCUT2D eigenvalue weighted by atomic mass is 19.1. The van der Waals surface area contributed by atoms with E-state index in [1.54, 1.807) is 0 Å². The van der Waals surface area contributed by atoms with Crippen molar-refractivity contribution < 1.29 is 14.3 Å². The second kappa shape index (κ2) is 4.54. The minimum Gasteiger partial charge on any atom is -0.381 e. The number of carbonyl (C=O) groups excluding carboxylic acids is 1. The molecule has 3 heteroatoms. The SMILES string of the molecule is C[C@@H](O)C#Cc1ccc(F)c(C=O)c1. The van der Waals surface area contributed by atoms with Crippen molar-refractivity contribution >= 4 is 6.29 Å². The molecule has 0 radical (unpaired) electrons. The third-order valence-electron chi connectivity index (χ3n) is 1.55. The van der Waals surface area contributed by atoms with Gasteiger partial charge in [-0.1, -0.05) is 11.8 Å². The number of benzene rings is 1. The molecule has 0 heterocycles. The van der Waals surface area contributed by atoms with Gasteiger partial charge >= 0.3 is 0 Å². The summed E-state index contributed by atoms with van der Waals surface area (Å²) in [4.78, 5) is 10.4. The molecule has 0 unspecified atom stereocenters. The Morgan fingerprint density at radius 1 is 1.57 bits per heavy atom. The summed E-state index contributed by atoms with van der Waals surface area (Å²) in [5.74, 6) is 4.55. The van der Waals surface area contributed by atoms with Gasteiger partial charge in [0.2, 0.25) is 0 Å². The molecule has 1 rings (SSSR count). The lowest BCUT2D eigenvalue weighted by Crippen LogP contribution is -1.93. The number of halogens is 1. The molecular weight excluding hydrogens is 183 g/mol. The summed E-state index contributed by atoms with van der Waals surface area (Å²) in [5, 5.41) is 8.88. The van der Waals surface area contributed by atoms with Gasteiger partial charge in [-0.05, 0) is 25.1 Å². The maximum absolute atomic E-state index is 12.8. The van der Waals surface area contributed by atoms with Gasteiger partial charge in [0, 0.05) is 5.56 Å². The Labute approximate surface area is 81.4 Å². The van der Waals surface area contributed by atoms with Crippen LogP contribution in [0.4, 0.5) is 4.39 Å². The second-order valence-corrected chi connectivity index (χ2v) is 2.80. The summed E-state index contributed by atoms with van der Waals surface area (Å²) >= 11 is 0. The van der Waals surface area contributed by atoms with Crippen molar-refractivity contribution in [1.82, 2.24) is 0 Å². The number of hydrogen-bond donors (Lipinski definition) is 1. The van der Waals surface area contributed by atoms with Crippen LogP contribution in [0, 0.1) is 17.7 Å². The maximum atomic E-state index is 12.8. The van der Waals surface area contributed by atoms with Crippen LogP contribution in [-0.4, -0.2) is 17.5 Å². The maximum Gasteiger partial charge on any atom is 0.153 e. The van der Waals surface area contributed by atoms with Gasteiger partial charge in [0.05, 0.1) is 5.56 Å². The van der Waals surface area contributed by atoms with Gasteiger partial charge in [-0.15, -0.1) is 0 Å². The molecule has 0 fully saturated rings. The Bertz CT molecular complexity index is 399. The molecule has 0 saturated carbocycles. The van der Waals surface area contributed by atoms with E-state index in [1.165, 1.54) is 25.1 Å². The molecule has 0 aliphatic rings. The van der Waals surface area contributed by atoms with E-state index in [4.69, 9.17) is 5.11 Å². The van der Waals surface area contributed by atoms with Crippen LogP contribution in [-0.2, 0) is 0 Å². The largest absolute Gasteiger partial charge is 0.381 e. The molecule has 0 aliphatic heterocycles. The van der Waals surface area contributed by atoms with Crippen LogP contribution in [0.3, 0.4) is 0 Å². The highest BCUT2D eigenvalue weighted by Crippen LogP contribution is 2.07. The van der Waals surface area contributed by atoms with E-state index >= 15 is 0 Å². The average Bonchev–Trinajstić information content (AvgIpc) is 2.16. The van der Waals surface area contributed by atoms with Gasteiger partial charge in [-0.3, -0.25) is 4.79 Å². The molecule has 1 aromatic rings. The van der Waals surface area contributed by atoms with E-state index in [-0.39, 0.29) is 5.56 Å². The van der Waals surface area contributed by atoms with E-state index in [2.05, 4.69) is 11.8 Å². The van der Waals surface area contributed by atoms with E-state index in [0.717, 1.165) is 0 Å². The smallest absolute Gasteiger partial charge is 0.153 e. The fourth-order valence-electron chi connectivity index (χ4n) is 0.900. The number of aldehydes is 1. The van der Waals surface area contributed by atoms with Crippen LogP contribution in [0.15, 0.2) is 18.2 Å². The van der Waals surface area contributed by atoms with Crippen LogP contribution >= 0.6 is 0 Å². The lowest BCUT2D eigenvalue weighted by Gasteiger charge is -1.95. The molecule has 14 heavy (non-hydrogen) atoms. The fraction of sp³-hybridized carbons (Fsp3) is 0.182. The molecular formula is C11H9FO2.